The van der Waals surface area contributed by atoms with Crippen LogP contribution < -0.4 is 14.4 Å². The van der Waals surface area contributed by atoms with Gasteiger partial charge < -0.3 is 19.1 Å². The van der Waals surface area contributed by atoms with Gasteiger partial charge in [-0.2, -0.15) is 8.70 Å². The van der Waals surface area contributed by atoms with Crippen molar-refractivity contribution in [3.63, 3.8) is 0 Å². The SMILES string of the molecule is COC(=O)COc1cc(N2CCN(S(=O)(=O)c3ccc(OC(C)C)cc3)CC2)cc(F)c1F. The molecule has 33 heavy (non-hydrogen) atoms. The Balaban J connectivity index is 1.69. The Bertz CT molecular complexity index is 1080. The smallest absolute Gasteiger partial charge is 0.343 e. The highest BCUT2D eigenvalue weighted by atomic mass is 32.2. The molecule has 0 aromatic heterocycles. The molecule has 1 fully saturated rings. The van der Waals surface area contributed by atoms with Crippen LogP contribution in [0.25, 0.3) is 0 Å². The zero-order valence-corrected chi connectivity index (χ0v) is 19.4. The van der Waals surface area contributed by atoms with Crippen LogP contribution >= 0.6 is 0 Å². The van der Waals surface area contributed by atoms with E-state index in [1.807, 2.05) is 13.8 Å². The van der Waals surface area contributed by atoms with Gasteiger partial charge in [0.05, 0.1) is 18.1 Å². The van der Waals surface area contributed by atoms with Crippen molar-refractivity contribution in [3.8, 4) is 11.5 Å². The first-order valence-electron chi connectivity index (χ1n) is 10.3. The van der Waals surface area contributed by atoms with E-state index in [1.165, 1.54) is 22.5 Å². The van der Waals surface area contributed by atoms with E-state index in [0.717, 1.165) is 13.2 Å². The van der Waals surface area contributed by atoms with Gasteiger partial charge in [0.2, 0.25) is 15.8 Å². The number of nitrogens with zero attached hydrogens (tertiary/aromatic N) is 2. The zero-order chi connectivity index (χ0) is 24.2. The minimum Gasteiger partial charge on any atom is -0.491 e. The van der Waals surface area contributed by atoms with Gasteiger partial charge in [0, 0.05) is 44.0 Å². The van der Waals surface area contributed by atoms with E-state index < -0.39 is 40.0 Å². The van der Waals surface area contributed by atoms with Crippen molar-refractivity contribution in [2.24, 2.45) is 0 Å². The zero-order valence-electron chi connectivity index (χ0n) is 18.6. The summed E-state index contributed by atoms with van der Waals surface area (Å²) in [6.45, 7) is 4.03. The van der Waals surface area contributed by atoms with Crippen molar-refractivity contribution in [2.75, 3.05) is 44.8 Å². The van der Waals surface area contributed by atoms with Crippen LogP contribution in [0.2, 0.25) is 0 Å². The van der Waals surface area contributed by atoms with Crippen LogP contribution in [0.3, 0.4) is 0 Å². The average Bonchev–Trinajstić information content (AvgIpc) is 2.79. The Hall–Kier alpha value is -2.92. The summed E-state index contributed by atoms with van der Waals surface area (Å²) < 4.78 is 70.5. The highest BCUT2D eigenvalue weighted by Crippen LogP contribution is 2.29. The van der Waals surface area contributed by atoms with Crippen molar-refractivity contribution in [1.29, 1.82) is 0 Å². The Kier molecular flexibility index (Phi) is 7.75. The lowest BCUT2D eigenvalue weighted by Gasteiger charge is -2.35. The number of piperazine rings is 1. The lowest BCUT2D eigenvalue weighted by Crippen LogP contribution is -2.48. The number of methoxy groups -OCH3 is 1. The summed E-state index contributed by atoms with van der Waals surface area (Å²) in [5, 5.41) is 0. The van der Waals surface area contributed by atoms with Gasteiger partial charge >= 0.3 is 5.97 Å². The average molecular weight is 485 g/mol. The number of anilines is 1. The molecule has 0 N–H and O–H groups in total. The number of hydrogen-bond donors (Lipinski definition) is 0. The van der Waals surface area contributed by atoms with Crippen LogP contribution in [0.15, 0.2) is 41.3 Å². The Morgan fingerprint density at radius 1 is 1.06 bits per heavy atom. The maximum atomic E-state index is 14.1. The van der Waals surface area contributed by atoms with Crippen molar-refractivity contribution >= 4 is 21.7 Å². The number of rotatable bonds is 8. The van der Waals surface area contributed by atoms with E-state index in [9.17, 15) is 22.0 Å². The molecule has 1 saturated heterocycles. The van der Waals surface area contributed by atoms with Gasteiger partial charge in [0.15, 0.2) is 18.2 Å². The molecule has 0 saturated carbocycles. The molecule has 11 heteroatoms. The quantitative estimate of drug-likeness (QED) is 0.533. The number of esters is 1. The van der Waals surface area contributed by atoms with Crippen LogP contribution in [0.4, 0.5) is 14.5 Å². The third-order valence-corrected chi connectivity index (χ3v) is 6.90. The number of halogens is 2. The fourth-order valence-electron chi connectivity index (χ4n) is 3.33. The van der Waals surface area contributed by atoms with Gasteiger partial charge in [-0.25, -0.2) is 17.6 Å². The Morgan fingerprint density at radius 2 is 1.70 bits per heavy atom. The number of sulfonamides is 1. The predicted octanol–water partition coefficient (Wildman–Crippen LogP) is 2.81. The molecule has 2 aromatic carbocycles. The normalized spacial score (nSPS) is 14.9. The Labute approximate surface area is 191 Å². The molecule has 1 aliphatic rings. The molecule has 1 aliphatic heterocycles. The molecule has 2 aromatic rings. The largest absolute Gasteiger partial charge is 0.491 e. The summed E-state index contributed by atoms with van der Waals surface area (Å²) in [6.07, 6.45) is -0.0248. The fourth-order valence-corrected chi connectivity index (χ4v) is 4.75. The van der Waals surface area contributed by atoms with Gasteiger partial charge in [0.25, 0.3) is 0 Å². The molecule has 0 bridgehead atoms. The third-order valence-electron chi connectivity index (χ3n) is 4.99. The molecule has 180 valence electrons. The lowest BCUT2D eigenvalue weighted by atomic mass is 10.2. The van der Waals surface area contributed by atoms with Gasteiger partial charge in [0.1, 0.15) is 5.75 Å². The molecule has 0 spiro atoms. The number of ether oxygens (including phenoxy) is 3. The number of carbonyl (C=O) groups is 1. The molecule has 1 heterocycles. The van der Waals surface area contributed by atoms with E-state index >= 15 is 0 Å². The second-order valence-corrected chi connectivity index (χ2v) is 9.57. The fraction of sp³-hybridized carbons (Fsp3) is 0.409. The summed E-state index contributed by atoms with van der Waals surface area (Å²) in [4.78, 5) is 13.1. The van der Waals surface area contributed by atoms with Crippen LogP contribution in [-0.4, -0.2) is 64.7 Å². The second-order valence-electron chi connectivity index (χ2n) is 7.63. The van der Waals surface area contributed by atoms with Crippen molar-refractivity contribution in [1.82, 2.24) is 4.31 Å². The molecule has 0 radical (unpaired) electrons. The lowest BCUT2D eigenvalue weighted by molar-refractivity contribution is -0.142. The van der Waals surface area contributed by atoms with E-state index in [4.69, 9.17) is 9.47 Å². The standard InChI is InChI=1S/C22H26F2N2O6S/c1-15(2)32-17-4-6-18(7-5-17)33(28,29)26-10-8-25(9-11-26)16-12-19(23)22(24)20(13-16)31-14-21(27)30-3/h4-7,12-13,15H,8-11,14H2,1-3H3. The molecule has 0 unspecified atom stereocenters. The van der Waals surface area contributed by atoms with E-state index in [2.05, 4.69) is 4.74 Å². The topological polar surface area (TPSA) is 85.4 Å². The molecular formula is C22H26F2N2O6S. The van der Waals surface area contributed by atoms with Crippen LogP contribution in [0, 0.1) is 11.6 Å². The summed E-state index contributed by atoms with van der Waals surface area (Å²) in [7, 11) is -2.56. The number of carbonyl (C=O) groups excluding carboxylic acids is 1. The van der Waals surface area contributed by atoms with E-state index in [0.29, 0.717) is 11.4 Å². The predicted molar refractivity (Wildman–Crippen MR) is 117 cm³/mol. The summed E-state index contributed by atoms with van der Waals surface area (Å²) in [5.74, 6) is -2.92. The first kappa shape index (κ1) is 24.7. The summed E-state index contributed by atoms with van der Waals surface area (Å²) in [5.41, 5.74) is 0.320. The maximum Gasteiger partial charge on any atom is 0.343 e. The molecular weight excluding hydrogens is 458 g/mol. The minimum atomic E-state index is -3.72. The second kappa shape index (κ2) is 10.3. The highest BCUT2D eigenvalue weighted by Gasteiger charge is 2.29. The van der Waals surface area contributed by atoms with Crippen LogP contribution in [0.1, 0.15) is 13.8 Å². The molecule has 0 amide bonds. The third kappa shape index (κ3) is 5.91. The summed E-state index contributed by atoms with van der Waals surface area (Å²) >= 11 is 0. The summed E-state index contributed by atoms with van der Waals surface area (Å²) in [6, 6.07) is 8.51. The van der Waals surface area contributed by atoms with Gasteiger partial charge in [-0.05, 0) is 38.1 Å². The van der Waals surface area contributed by atoms with Gasteiger partial charge in [-0.1, -0.05) is 0 Å². The van der Waals surface area contributed by atoms with Crippen LogP contribution in [0.5, 0.6) is 11.5 Å². The Morgan fingerprint density at radius 3 is 2.27 bits per heavy atom. The van der Waals surface area contributed by atoms with E-state index in [-0.39, 0.29) is 37.2 Å². The van der Waals surface area contributed by atoms with Crippen LogP contribution in [-0.2, 0) is 19.6 Å². The molecule has 3 rings (SSSR count). The first-order chi connectivity index (χ1) is 15.6. The first-order valence-corrected chi connectivity index (χ1v) is 11.8. The highest BCUT2D eigenvalue weighted by molar-refractivity contribution is 7.89. The number of hydrogen-bond acceptors (Lipinski definition) is 7. The van der Waals surface area contributed by atoms with Crippen molar-refractivity contribution in [3.05, 3.63) is 48.0 Å². The number of benzene rings is 2. The molecule has 8 nitrogen and oxygen atoms in total. The van der Waals surface area contributed by atoms with Crippen molar-refractivity contribution in [2.45, 2.75) is 24.8 Å². The molecule has 0 atom stereocenters. The maximum absolute atomic E-state index is 14.1. The minimum absolute atomic E-state index is 0.0248. The monoisotopic (exact) mass is 484 g/mol. The van der Waals surface area contributed by atoms with Gasteiger partial charge in [-0.15, -0.1) is 0 Å². The van der Waals surface area contributed by atoms with Gasteiger partial charge in [-0.3, -0.25) is 0 Å². The van der Waals surface area contributed by atoms with Crippen molar-refractivity contribution < 1.29 is 36.2 Å². The molecule has 0 aliphatic carbocycles. The van der Waals surface area contributed by atoms with E-state index in [1.54, 1.807) is 17.0 Å².